The van der Waals surface area contributed by atoms with Crippen molar-refractivity contribution in [2.75, 3.05) is 13.2 Å². The van der Waals surface area contributed by atoms with Crippen molar-refractivity contribution < 1.29 is 18.7 Å². The molecule has 156 valence electrons. The van der Waals surface area contributed by atoms with Crippen LogP contribution in [-0.2, 0) is 9.53 Å². The molecule has 0 fully saturated rings. The molecule has 0 atom stereocenters. The summed E-state index contributed by atoms with van der Waals surface area (Å²) in [5.74, 6) is -1.04. The Kier molecular flexibility index (Phi) is 9.90. The number of esters is 1. The van der Waals surface area contributed by atoms with Gasteiger partial charge in [-0.2, -0.15) is 4.39 Å². The molecular formula is C24H30FNO3. The molecule has 0 aliphatic rings. The van der Waals surface area contributed by atoms with Crippen molar-refractivity contribution >= 4 is 16.9 Å². The Labute approximate surface area is 172 Å². The number of para-hydroxylation sites is 1. The first-order chi connectivity index (χ1) is 14.1. The predicted molar refractivity (Wildman–Crippen MR) is 115 cm³/mol. The fraction of sp³-hybridized carbons (Fsp3) is 0.417. The van der Waals surface area contributed by atoms with Crippen molar-refractivity contribution in [1.82, 2.24) is 4.98 Å². The minimum atomic E-state index is -0.893. The third-order valence-electron chi connectivity index (χ3n) is 4.51. The van der Waals surface area contributed by atoms with Gasteiger partial charge in [-0.15, -0.1) is 0 Å². The summed E-state index contributed by atoms with van der Waals surface area (Å²) >= 11 is 0. The van der Waals surface area contributed by atoms with Gasteiger partial charge in [0.1, 0.15) is 0 Å². The number of hydrogen-bond donors (Lipinski definition) is 0. The Hall–Kier alpha value is -2.69. The standard InChI is InChI=1S/C24H30FNO3/c1-3-28-24(27)23(25)19(2)13-9-7-5-4-6-8-12-18-29-22-17-16-20-14-10-11-15-21(20)26-22/h9-11,13-17H,3-8,12,18H2,1-2H3/b13-9+,23-19-. The van der Waals surface area contributed by atoms with Crippen LogP contribution in [0.3, 0.4) is 0 Å². The lowest BCUT2D eigenvalue weighted by atomic mass is 10.1. The molecule has 0 amide bonds. The first-order valence-corrected chi connectivity index (χ1v) is 10.3. The lowest BCUT2D eigenvalue weighted by Crippen LogP contribution is -2.05. The van der Waals surface area contributed by atoms with E-state index in [1.54, 1.807) is 19.9 Å². The molecule has 2 rings (SSSR count). The van der Waals surface area contributed by atoms with Crippen LogP contribution in [0.4, 0.5) is 4.39 Å². The predicted octanol–water partition coefficient (Wildman–Crippen LogP) is 6.32. The maximum atomic E-state index is 13.7. The van der Waals surface area contributed by atoms with Gasteiger partial charge in [0.15, 0.2) is 0 Å². The van der Waals surface area contributed by atoms with Crippen molar-refractivity contribution in [1.29, 1.82) is 0 Å². The van der Waals surface area contributed by atoms with Gasteiger partial charge in [0, 0.05) is 11.5 Å². The first-order valence-electron chi connectivity index (χ1n) is 10.3. The van der Waals surface area contributed by atoms with Crippen LogP contribution in [0.15, 0.2) is 60.0 Å². The third kappa shape index (κ3) is 8.06. The van der Waals surface area contributed by atoms with E-state index in [-0.39, 0.29) is 6.61 Å². The number of carbonyl (C=O) groups excluding carboxylic acids is 1. The van der Waals surface area contributed by atoms with Crippen molar-refractivity contribution in [3.63, 3.8) is 0 Å². The van der Waals surface area contributed by atoms with Gasteiger partial charge in [0.05, 0.1) is 18.7 Å². The van der Waals surface area contributed by atoms with E-state index in [9.17, 15) is 9.18 Å². The van der Waals surface area contributed by atoms with Gasteiger partial charge in [0.25, 0.3) is 0 Å². The molecule has 5 heteroatoms. The van der Waals surface area contributed by atoms with Crippen LogP contribution in [0.1, 0.15) is 52.4 Å². The van der Waals surface area contributed by atoms with Crippen LogP contribution in [-0.4, -0.2) is 24.2 Å². The smallest absolute Gasteiger partial charge is 0.367 e. The second-order valence-electron chi connectivity index (χ2n) is 6.87. The summed E-state index contributed by atoms with van der Waals surface area (Å²) in [6.07, 6.45) is 9.81. The summed E-state index contributed by atoms with van der Waals surface area (Å²) in [4.78, 5) is 15.8. The summed E-state index contributed by atoms with van der Waals surface area (Å²) in [6, 6.07) is 11.9. The third-order valence-corrected chi connectivity index (χ3v) is 4.51. The monoisotopic (exact) mass is 399 g/mol. The average Bonchev–Trinajstić information content (AvgIpc) is 2.74. The van der Waals surface area contributed by atoms with Gasteiger partial charge in [0.2, 0.25) is 11.7 Å². The summed E-state index contributed by atoms with van der Waals surface area (Å²) < 4.78 is 24.0. The molecule has 0 unspecified atom stereocenters. The SMILES string of the molecule is CCOC(=O)/C(F)=C(C)/C=C/CCCCCCCOc1ccc2ccccc2n1. The van der Waals surface area contributed by atoms with Crippen LogP contribution < -0.4 is 4.74 Å². The largest absolute Gasteiger partial charge is 0.478 e. The Morgan fingerprint density at radius 1 is 1.07 bits per heavy atom. The number of ether oxygens (including phenoxy) is 2. The molecule has 1 aromatic carbocycles. The topological polar surface area (TPSA) is 48.4 Å². The zero-order valence-corrected chi connectivity index (χ0v) is 17.3. The van der Waals surface area contributed by atoms with Crippen molar-refractivity contribution in [3.8, 4) is 5.88 Å². The molecule has 2 aromatic rings. The summed E-state index contributed by atoms with van der Waals surface area (Å²) in [5.41, 5.74) is 1.26. The van der Waals surface area contributed by atoms with Crippen LogP contribution in [0.5, 0.6) is 5.88 Å². The molecule has 0 aliphatic carbocycles. The molecule has 0 radical (unpaired) electrons. The number of benzene rings is 1. The van der Waals surface area contributed by atoms with E-state index in [0.717, 1.165) is 49.4 Å². The Balaban J connectivity index is 1.54. The summed E-state index contributed by atoms with van der Waals surface area (Å²) in [5, 5.41) is 1.11. The van der Waals surface area contributed by atoms with Gasteiger partial charge in [-0.25, -0.2) is 9.78 Å². The highest BCUT2D eigenvalue weighted by molar-refractivity contribution is 5.87. The number of halogens is 1. The van der Waals surface area contributed by atoms with Gasteiger partial charge < -0.3 is 9.47 Å². The number of allylic oxidation sites excluding steroid dienone is 3. The lowest BCUT2D eigenvalue weighted by molar-refractivity contribution is -0.140. The second-order valence-corrected chi connectivity index (χ2v) is 6.87. The lowest BCUT2D eigenvalue weighted by Gasteiger charge is -2.06. The molecule has 1 heterocycles. The Morgan fingerprint density at radius 3 is 2.66 bits per heavy atom. The number of hydrogen-bond acceptors (Lipinski definition) is 4. The van der Waals surface area contributed by atoms with Crippen LogP contribution in [0.2, 0.25) is 0 Å². The summed E-state index contributed by atoms with van der Waals surface area (Å²) in [7, 11) is 0. The molecular weight excluding hydrogens is 369 g/mol. The number of pyridine rings is 1. The number of nitrogens with zero attached hydrogens (tertiary/aromatic N) is 1. The molecule has 0 bridgehead atoms. The van der Waals surface area contributed by atoms with E-state index >= 15 is 0 Å². The molecule has 0 saturated carbocycles. The van der Waals surface area contributed by atoms with E-state index in [0.29, 0.717) is 18.1 Å². The van der Waals surface area contributed by atoms with Crippen molar-refractivity contribution in [2.24, 2.45) is 0 Å². The van der Waals surface area contributed by atoms with Crippen molar-refractivity contribution in [3.05, 3.63) is 60.0 Å². The number of carbonyl (C=O) groups is 1. The number of unbranched alkanes of at least 4 members (excludes halogenated alkanes) is 5. The molecule has 4 nitrogen and oxygen atoms in total. The molecule has 29 heavy (non-hydrogen) atoms. The maximum absolute atomic E-state index is 13.7. The van der Waals surface area contributed by atoms with Crippen LogP contribution >= 0.6 is 0 Å². The summed E-state index contributed by atoms with van der Waals surface area (Å²) in [6.45, 7) is 4.07. The highest BCUT2D eigenvalue weighted by Crippen LogP contribution is 2.16. The Bertz CT molecular complexity index is 845. The zero-order chi connectivity index (χ0) is 20.9. The highest BCUT2D eigenvalue weighted by Gasteiger charge is 2.11. The highest BCUT2D eigenvalue weighted by atomic mass is 19.1. The number of aromatic nitrogens is 1. The van der Waals surface area contributed by atoms with E-state index < -0.39 is 11.8 Å². The maximum Gasteiger partial charge on any atom is 0.367 e. The molecule has 0 spiro atoms. The molecule has 1 aromatic heterocycles. The van der Waals surface area contributed by atoms with Crippen LogP contribution in [0, 0.1) is 0 Å². The minimum absolute atomic E-state index is 0.174. The first kappa shape index (κ1) is 22.6. The molecule has 0 N–H and O–H groups in total. The van der Waals surface area contributed by atoms with Crippen LogP contribution in [0.25, 0.3) is 10.9 Å². The second kappa shape index (κ2) is 12.7. The van der Waals surface area contributed by atoms with Gasteiger partial charge in [-0.05, 0) is 50.8 Å². The number of rotatable bonds is 12. The van der Waals surface area contributed by atoms with Gasteiger partial charge in [-0.1, -0.05) is 49.6 Å². The fourth-order valence-electron chi connectivity index (χ4n) is 2.89. The molecule has 0 saturated heterocycles. The quantitative estimate of drug-likeness (QED) is 0.181. The molecule has 0 aliphatic heterocycles. The number of fused-ring (bicyclic) bond motifs is 1. The fourth-order valence-corrected chi connectivity index (χ4v) is 2.89. The van der Waals surface area contributed by atoms with E-state index in [2.05, 4.69) is 9.72 Å². The average molecular weight is 400 g/mol. The minimum Gasteiger partial charge on any atom is -0.478 e. The van der Waals surface area contributed by atoms with Gasteiger partial charge >= 0.3 is 5.97 Å². The van der Waals surface area contributed by atoms with E-state index in [1.807, 2.05) is 42.5 Å². The Morgan fingerprint density at radius 2 is 1.83 bits per heavy atom. The zero-order valence-electron chi connectivity index (χ0n) is 17.3. The van der Waals surface area contributed by atoms with E-state index in [1.165, 1.54) is 0 Å². The van der Waals surface area contributed by atoms with E-state index in [4.69, 9.17) is 4.74 Å². The van der Waals surface area contributed by atoms with Crippen molar-refractivity contribution in [2.45, 2.75) is 52.4 Å². The normalized spacial score (nSPS) is 12.2. The van der Waals surface area contributed by atoms with Gasteiger partial charge in [-0.3, -0.25) is 0 Å².